The maximum absolute atomic E-state index is 12.8. The van der Waals surface area contributed by atoms with Gasteiger partial charge in [0.1, 0.15) is 5.69 Å². The largest absolute Gasteiger partial charge is 0.348 e. The lowest BCUT2D eigenvalue weighted by atomic mass is 9.83. The highest BCUT2D eigenvalue weighted by molar-refractivity contribution is 7.15. The molecule has 2 aromatic heterocycles. The normalized spacial score (nSPS) is 25.3. The Bertz CT molecular complexity index is 934. The van der Waals surface area contributed by atoms with Crippen LogP contribution in [0.4, 0.5) is 0 Å². The van der Waals surface area contributed by atoms with Gasteiger partial charge in [-0.3, -0.25) is 20.0 Å². The summed E-state index contributed by atoms with van der Waals surface area (Å²) in [4.78, 5) is 18.4. The molecule has 134 valence electrons. The van der Waals surface area contributed by atoms with Crippen LogP contribution in [-0.2, 0) is 0 Å². The Morgan fingerprint density at radius 2 is 2.15 bits per heavy atom. The number of thiazole rings is 1. The third kappa shape index (κ3) is 2.82. The molecule has 0 radical (unpaired) electrons. The zero-order chi connectivity index (χ0) is 17.5. The zero-order valence-corrected chi connectivity index (χ0v) is 15.1. The molecular formula is C19H21N5OS. The van der Waals surface area contributed by atoms with Gasteiger partial charge in [0, 0.05) is 35.8 Å². The molecule has 1 aliphatic carbocycles. The SMILES string of the molecule is O=C(NC1CCC2NNCC2C1)c1csc2nc(-c3ccccc3)cn12. The summed E-state index contributed by atoms with van der Waals surface area (Å²) >= 11 is 1.51. The molecule has 7 heteroatoms. The summed E-state index contributed by atoms with van der Waals surface area (Å²) in [5.74, 6) is 0.602. The van der Waals surface area contributed by atoms with Crippen LogP contribution in [0, 0.1) is 5.92 Å². The van der Waals surface area contributed by atoms with Crippen molar-refractivity contribution in [3.8, 4) is 11.3 Å². The van der Waals surface area contributed by atoms with E-state index in [2.05, 4.69) is 21.2 Å². The number of hydrazine groups is 1. The lowest BCUT2D eigenvalue weighted by Crippen LogP contribution is -2.44. The Hall–Kier alpha value is -2.22. The first-order valence-corrected chi connectivity index (χ1v) is 9.97. The molecule has 1 aliphatic heterocycles. The molecule has 26 heavy (non-hydrogen) atoms. The van der Waals surface area contributed by atoms with Crippen LogP contribution in [0.2, 0.25) is 0 Å². The van der Waals surface area contributed by atoms with Gasteiger partial charge in [-0.15, -0.1) is 11.3 Å². The number of rotatable bonds is 3. The fourth-order valence-corrected chi connectivity index (χ4v) is 4.94. The topological polar surface area (TPSA) is 70.5 Å². The van der Waals surface area contributed by atoms with E-state index in [1.54, 1.807) is 0 Å². The number of fused-ring (bicyclic) bond motifs is 2. The molecule has 2 aliphatic rings. The van der Waals surface area contributed by atoms with Crippen molar-refractivity contribution in [3.63, 3.8) is 0 Å². The number of hydrogen-bond acceptors (Lipinski definition) is 5. The van der Waals surface area contributed by atoms with Crippen molar-refractivity contribution in [3.05, 3.63) is 47.6 Å². The molecule has 5 rings (SSSR count). The van der Waals surface area contributed by atoms with E-state index >= 15 is 0 Å². The fourth-order valence-electron chi connectivity index (χ4n) is 4.09. The molecular weight excluding hydrogens is 346 g/mol. The average molecular weight is 367 g/mol. The van der Waals surface area contributed by atoms with Gasteiger partial charge in [0.15, 0.2) is 4.96 Å². The van der Waals surface area contributed by atoms with Gasteiger partial charge < -0.3 is 5.32 Å². The second kappa shape index (κ2) is 6.50. The smallest absolute Gasteiger partial charge is 0.269 e. The number of aromatic nitrogens is 2. The highest BCUT2D eigenvalue weighted by atomic mass is 32.1. The Labute approximate surface area is 155 Å². The molecule has 3 heterocycles. The maximum atomic E-state index is 12.8. The van der Waals surface area contributed by atoms with Crippen LogP contribution in [-0.4, -0.2) is 33.9 Å². The van der Waals surface area contributed by atoms with Crippen LogP contribution in [0.25, 0.3) is 16.2 Å². The molecule has 1 saturated heterocycles. The van der Waals surface area contributed by atoms with Crippen molar-refractivity contribution in [2.75, 3.05) is 6.54 Å². The van der Waals surface area contributed by atoms with Crippen LogP contribution < -0.4 is 16.2 Å². The summed E-state index contributed by atoms with van der Waals surface area (Å²) in [6.45, 7) is 0.988. The van der Waals surface area contributed by atoms with E-state index in [9.17, 15) is 4.79 Å². The number of nitrogens with zero attached hydrogens (tertiary/aromatic N) is 2. The number of carbonyl (C=O) groups excluding carboxylic acids is 1. The number of carbonyl (C=O) groups is 1. The number of amides is 1. The molecule has 2 fully saturated rings. The highest BCUT2D eigenvalue weighted by Gasteiger charge is 2.34. The van der Waals surface area contributed by atoms with E-state index in [1.807, 2.05) is 46.3 Å². The molecule has 6 nitrogen and oxygen atoms in total. The third-order valence-corrected chi connectivity index (χ3v) is 6.32. The highest BCUT2D eigenvalue weighted by Crippen LogP contribution is 2.28. The van der Waals surface area contributed by atoms with Crippen LogP contribution in [0.1, 0.15) is 29.8 Å². The zero-order valence-electron chi connectivity index (χ0n) is 14.3. The van der Waals surface area contributed by atoms with Gasteiger partial charge in [0.05, 0.1) is 5.69 Å². The van der Waals surface area contributed by atoms with E-state index in [4.69, 9.17) is 0 Å². The summed E-state index contributed by atoms with van der Waals surface area (Å²) in [5.41, 5.74) is 9.20. The van der Waals surface area contributed by atoms with Crippen LogP contribution in [0.3, 0.4) is 0 Å². The first kappa shape index (κ1) is 16.0. The van der Waals surface area contributed by atoms with Crippen molar-refractivity contribution in [2.24, 2.45) is 5.92 Å². The lowest BCUT2D eigenvalue weighted by Gasteiger charge is -2.31. The van der Waals surface area contributed by atoms with E-state index in [0.29, 0.717) is 17.7 Å². The van der Waals surface area contributed by atoms with Gasteiger partial charge in [0.25, 0.3) is 5.91 Å². The molecule has 1 amide bonds. The van der Waals surface area contributed by atoms with Crippen LogP contribution >= 0.6 is 11.3 Å². The average Bonchev–Trinajstić information content (AvgIpc) is 3.37. The molecule has 3 atom stereocenters. The third-order valence-electron chi connectivity index (χ3n) is 5.48. The van der Waals surface area contributed by atoms with Gasteiger partial charge >= 0.3 is 0 Å². The van der Waals surface area contributed by atoms with Gasteiger partial charge in [-0.2, -0.15) is 0 Å². The van der Waals surface area contributed by atoms with E-state index in [0.717, 1.165) is 42.0 Å². The molecule has 3 unspecified atom stereocenters. The summed E-state index contributed by atoms with van der Waals surface area (Å²) in [7, 11) is 0. The first-order valence-electron chi connectivity index (χ1n) is 9.09. The number of imidazole rings is 1. The van der Waals surface area contributed by atoms with Crippen molar-refractivity contribution in [1.29, 1.82) is 0 Å². The van der Waals surface area contributed by atoms with Crippen LogP contribution in [0.15, 0.2) is 41.9 Å². The number of benzene rings is 1. The van der Waals surface area contributed by atoms with Crippen molar-refractivity contribution in [1.82, 2.24) is 25.6 Å². The standard InChI is InChI=1S/C19H21N5OS/c25-18(21-14-6-7-15-13(8-14)9-20-23-15)17-11-26-19-22-16(10-24(17)19)12-4-2-1-3-5-12/h1-5,10-11,13-15,20,23H,6-9H2,(H,21,25). The summed E-state index contributed by atoms with van der Waals surface area (Å²) < 4.78 is 1.91. The Balaban J connectivity index is 1.35. The van der Waals surface area contributed by atoms with Gasteiger partial charge in [-0.1, -0.05) is 30.3 Å². The minimum Gasteiger partial charge on any atom is -0.348 e. The number of nitrogens with one attached hydrogen (secondary N) is 3. The van der Waals surface area contributed by atoms with Gasteiger partial charge in [-0.25, -0.2) is 4.98 Å². The van der Waals surface area contributed by atoms with E-state index in [1.165, 1.54) is 11.3 Å². The Morgan fingerprint density at radius 3 is 3.04 bits per heavy atom. The monoisotopic (exact) mass is 367 g/mol. The number of hydrogen-bond donors (Lipinski definition) is 3. The van der Waals surface area contributed by atoms with Crippen molar-refractivity contribution < 1.29 is 4.79 Å². The van der Waals surface area contributed by atoms with Crippen molar-refractivity contribution >= 4 is 22.2 Å². The minimum atomic E-state index is -0.00405. The molecule has 3 N–H and O–H groups in total. The fraction of sp³-hybridized carbons (Fsp3) is 0.368. The Kier molecular flexibility index (Phi) is 4.00. The lowest BCUT2D eigenvalue weighted by molar-refractivity contribution is 0.0912. The first-order chi connectivity index (χ1) is 12.8. The summed E-state index contributed by atoms with van der Waals surface area (Å²) in [6.07, 6.45) is 5.11. The second-order valence-corrected chi connectivity index (χ2v) is 7.98. The van der Waals surface area contributed by atoms with E-state index in [-0.39, 0.29) is 11.9 Å². The quantitative estimate of drug-likeness (QED) is 0.665. The predicted molar refractivity (Wildman–Crippen MR) is 102 cm³/mol. The molecule has 3 aromatic rings. The summed E-state index contributed by atoms with van der Waals surface area (Å²) in [6, 6.07) is 10.9. The molecule has 0 bridgehead atoms. The molecule has 1 aromatic carbocycles. The minimum absolute atomic E-state index is 0.00405. The van der Waals surface area contributed by atoms with E-state index < -0.39 is 0 Å². The molecule has 1 saturated carbocycles. The predicted octanol–water partition coefficient (Wildman–Crippen LogP) is 2.44. The second-order valence-electron chi connectivity index (χ2n) is 7.14. The Morgan fingerprint density at radius 1 is 1.27 bits per heavy atom. The molecule has 0 spiro atoms. The summed E-state index contributed by atoms with van der Waals surface area (Å²) in [5, 5.41) is 5.14. The van der Waals surface area contributed by atoms with Gasteiger partial charge in [-0.05, 0) is 25.2 Å². The van der Waals surface area contributed by atoms with Gasteiger partial charge in [0.2, 0.25) is 0 Å². The van der Waals surface area contributed by atoms with Crippen molar-refractivity contribution in [2.45, 2.75) is 31.3 Å². The maximum Gasteiger partial charge on any atom is 0.269 e. The van der Waals surface area contributed by atoms with Crippen LogP contribution in [0.5, 0.6) is 0 Å².